The van der Waals surface area contributed by atoms with Crippen molar-refractivity contribution in [2.24, 2.45) is 11.8 Å². The summed E-state index contributed by atoms with van der Waals surface area (Å²) in [5, 5.41) is 14.8. The molecule has 0 radical (unpaired) electrons. The molecule has 0 aliphatic carbocycles. The number of aromatic nitrogens is 8. The van der Waals surface area contributed by atoms with E-state index < -0.39 is 68.0 Å². The second-order valence-corrected chi connectivity index (χ2v) is 23.1. The number of H-pyrrole nitrogens is 2. The minimum Gasteiger partial charge on any atom is -0.497 e. The molecule has 7 atom stereocenters. The third-order valence-electron chi connectivity index (χ3n) is 14.6. The molecule has 1 unspecified atom stereocenters. The number of anilines is 2. The Morgan fingerprint density at radius 1 is 0.718 bits per heavy atom. The van der Waals surface area contributed by atoms with Crippen molar-refractivity contribution in [1.29, 1.82) is 5.26 Å². The molecule has 6 heterocycles. The lowest BCUT2D eigenvalue weighted by Gasteiger charge is -2.37. The molecule has 9 rings (SSSR count). The first-order chi connectivity index (χ1) is 40.9. The van der Waals surface area contributed by atoms with Crippen LogP contribution in [0.1, 0.15) is 104 Å². The molecule has 2 aliphatic heterocycles. The number of ether oxygens (including phenoxy) is 7. The zero-order chi connectivity index (χ0) is 60.5. The van der Waals surface area contributed by atoms with Crippen LogP contribution in [0.4, 0.5) is 11.9 Å². The van der Waals surface area contributed by atoms with E-state index in [1.165, 1.54) is 12.7 Å². The van der Waals surface area contributed by atoms with E-state index in [1.807, 2.05) is 107 Å². The van der Waals surface area contributed by atoms with Gasteiger partial charge < -0.3 is 42.2 Å². The smallest absolute Gasteiger partial charge is 0.280 e. The molecule has 0 saturated carbocycles. The maximum Gasteiger partial charge on any atom is 0.280 e. The Balaban J connectivity index is 1.03. The van der Waals surface area contributed by atoms with Gasteiger partial charge in [0.25, 0.3) is 19.6 Å². The highest BCUT2D eigenvalue weighted by Crippen LogP contribution is 2.50. The standard InChI is InChI=1S/C59H73N12O13P/c1-34(2)53(72)65-57-63-51-49(55(74)67-57)61-31-69(51)47-27-43(46(83-47)30-80-59(38-15-12-11-13-16-38,39-17-21-41(76-9)22-18-39)40-19-23-42(77-10)24-20-40)79-33-78-29-45-44(84-85(81-26-14-25-60)71(36(5)6)37(7)8)28-48(82-45)70-32-62-50-52(70)64-58(68-56(50)75)66-54(73)35(3)4/h11-13,15-24,31-32,34-37,43-48H,14,26-30,33H2,1-10H3,(H2,63,65,67,72,74)(H2,64,66,68,73,75)/t43-,44-,45+,46+,47+,48+,85?/m0/s1. The van der Waals surface area contributed by atoms with Crippen LogP contribution in [0.15, 0.2) is 101 Å². The quantitative estimate of drug-likeness (QED) is 0.0164. The minimum atomic E-state index is -1.77. The second kappa shape index (κ2) is 27.7. The molecule has 85 heavy (non-hydrogen) atoms. The van der Waals surface area contributed by atoms with Crippen LogP contribution < -0.4 is 31.2 Å². The van der Waals surface area contributed by atoms with E-state index in [4.69, 9.17) is 42.2 Å². The van der Waals surface area contributed by atoms with Gasteiger partial charge in [-0.3, -0.25) is 48.9 Å². The Hall–Kier alpha value is -7.50. The number of hydrogen-bond acceptors (Lipinski definition) is 19. The first-order valence-electron chi connectivity index (χ1n) is 28.2. The van der Waals surface area contributed by atoms with E-state index in [0.29, 0.717) is 11.5 Å². The number of hydrogen-bond donors (Lipinski definition) is 4. The predicted molar refractivity (Wildman–Crippen MR) is 314 cm³/mol. The third kappa shape index (κ3) is 13.9. The third-order valence-corrected chi connectivity index (χ3v) is 16.7. The van der Waals surface area contributed by atoms with Crippen molar-refractivity contribution in [2.75, 3.05) is 51.5 Å². The summed E-state index contributed by atoms with van der Waals surface area (Å²) in [5.41, 5.74) is 0.487. The number of imidazole rings is 2. The van der Waals surface area contributed by atoms with Crippen molar-refractivity contribution >= 4 is 54.6 Å². The predicted octanol–water partition coefficient (Wildman–Crippen LogP) is 8.06. The second-order valence-electron chi connectivity index (χ2n) is 21.7. The van der Waals surface area contributed by atoms with Gasteiger partial charge in [0.05, 0.1) is 71.4 Å². The van der Waals surface area contributed by atoms with Gasteiger partial charge in [0.2, 0.25) is 23.7 Å². The first-order valence-corrected chi connectivity index (χ1v) is 29.3. The van der Waals surface area contributed by atoms with Gasteiger partial charge in [0, 0.05) is 36.8 Å². The summed E-state index contributed by atoms with van der Waals surface area (Å²) in [6, 6.07) is 27.3. The van der Waals surface area contributed by atoms with Crippen LogP contribution >= 0.6 is 8.53 Å². The number of nitrogens with one attached hydrogen (secondary N) is 4. The lowest BCUT2D eigenvalue weighted by Crippen LogP contribution is -2.39. The van der Waals surface area contributed by atoms with Gasteiger partial charge in [0.15, 0.2) is 22.3 Å². The van der Waals surface area contributed by atoms with Gasteiger partial charge >= 0.3 is 0 Å². The van der Waals surface area contributed by atoms with Crippen molar-refractivity contribution in [1.82, 2.24) is 43.7 Å². The summed E-state index contributed by atoms with van der Waals surface area (Å²) < 4.78 is 64.0. The summed E-state index contributed by atoms with van der Waals surface area (Å²) in [5.74, 6) is -0.229. The number of nitriles is 1. The molecule has 3 aromatic carbocycles. The van der Waals surface area contributed by atoms with Gasteiger partial charge in [-0.25, -0.2) is 14.6 Å². The fourth-order valence-electron chi connectivity index (χ4n) is 10.2. The van der Waals surface area contributed by atoms with Crippen LogP contribution in [0.25, 0.3) is 22.3 Å². The van der Waals surface area contributed by atoms with E-state index in [0.717, 1.165) is 16.7 Å². The van der Waals surface area contributed by atoms with E-state index in [9.17, 15) is 24.4 Å². The molecule has 2 fully saturated rings. The van der Waals surface area contributed by atoms with Crippen molar-refractivity contribution < 1.29 is 51.8 Å². The molecule has 4 aromatic heterocycles. The number of carbonyl (C=O) groups excluding carboxylic acids is 2. The number of rotatable bonds is 27. The first kappa shape index (κ1) is 62.0. The molecule has 2 saturated heterocycles. The topological polar surface area (TPSA) is 295 Å². The zero-order valence-electron chi connectivity index (χ0n) is 49.2. The molecular weight excluding hydrogens is 1120 g/mol. The lowest BCUT2D eigenvalue weighted by atomic mass is 9.80. The Kier molecular flexibility index (Phi) is 20.2. The van der Waals surface area contributed by atoms with Crippen molar-refractivity contribution in [3.8, 4) is 17.6 Å². The van der Waals surface area contributed by atoms with Crippen LogP contribution in [-0.4, -0.2) is 133 Å². The van der Waals surface area contributed by atoms with E-state index in [2.05, 4.69) is 51.3 Å². The zero-order valence-corrected chi connectivity index (χ0v) is 50.1. The van der Waals surface area contributed by atoms with Crippen molar-refractivity contribution in [2.45, 2.75) is 129 Å². The molecule has 2 aliphatic rings. The van der Waals surface area contributed by atoms with Gasteiger partial charge in [-0.05, 0) is 68.7 Å². The number of fused-ring (bicyclic) bond motifs is 2. The summed E-state index contributed by atoms with van der Waals surface area (Å²) >= 11 is 0. The lowest BCUT2D eigenvalue weighted by molar-refractivity contribution is -0.150. The highest BCUT2D eigenvalue weighted by Gasteiger charge is 2.45. The molecule has 7 aromatic rings. The molecule has 0 spiro atoms. The van der Waals surface area contributed by atoms with Crippen LogP contribution in [-0.2, 0) is 47.9 Å². The van der Waals surface area contributed by atoms with E-state index in [1.54, 1.807) is 51.0 Å². The minimum absolute atomic E-state index is 0.00775. The molecule has 2 amide bonds. The van der Waals surface area contributed by atoms with Crippen molar-refractivity contribution in [3.05, 3.63) is 129 Å². The largest absolute Gasteiger partial charge is 0.497 e. The number of nitrogens with zero attached hydrogens (tertiary/aromatic N) is 8. The average Bonchev–Trinajstić information content (AvgIpc) is 2.53. The van der Waals surface area contributed by atoms with Gasteiger partial charge in [0.1, 0.15) is 48.6 Å². The Labute approximate surface area is 492 Å². The van der Waals surface area contributed by atoms with Crippen molar-refractivity contribution in [3.63, 3.8) is 0 Å². The average molecular weight is 1190 g/mol. The van der Waals surface area contributed by atoms with E-state index in [-0.39, 0.29) is 110 Å². The normalized spacial score (nSPS) is 19.4. The van der Waals surface area contributed by atoms with Gasteiger partial charge in [-0.1, -0.05) is 82.3 Å². The van der Waals surface area contributed by atoms with Crippen LogP contribution in [0.2, 0.25) is 0 Å². The number of amides is 2. The molecule has 452 valence electrons. The fraction of sp³-hybridized carbons (Fsp3) is 0.475. The Morgan fingerprint density at radius 3 is 1.67 bits per heavy atom. The maximum absolute atomic E-state index is 13.4. The Morgan fingerprint density at radius 2 is 1.20 bits per heavy atom. The SMILES string of the molecule is COc1ccc(C(OC[C@H]2O[C@@H](n3cnc4c(=O)[nH]c(NC(=O)C(C)C)nc43)C[C@@H]2OCOC[C@H]2O[C@@H](n3cnc4c(=O)[nH]c(NC(=O)C(C)C)nc43)C[C@@H]2OP(OCCC#N)N(C(C)C)C(C)C)(c2ccccc2)c2ccc(OC)cc2)cc1. The summed E-state index contributed by atoms with van der Waals surface area (Å²) in [6.07, 6.45) is -1.07. The molecule has 0 bridgehead atoms. The van der Waals surface area contributed by atoms with Gasteiger partial charge in [-0.2, -0.15) is 15.2 Å². The maximum atomic E-state index is 13.4. The molecule has 25 nitrogen and oxygen atoms in total. The number of carbonyl (C=O) groups is 2. The van der Waals surface area contributed by atoms with Crippen LogP contribution in [0, 0.1) is 23.2 Å². The number of aromatic amines is 2. The molecule has 4 N–H and O–H groups in total. The summed E-state index contributed by atoms with van der Waals surface area (Å²) in [6.45, 7) is 14.8. The monoisotopic (exact) mass is 1190 g/mol. The molecular formula is C59H73N12O13P. The summed E-state index contributed by atoms with van der Waals surface area (Å²) in [4.78, 5) is 75.5. The number of benzene rings is 3. The van der Waals surface area contributed by atoms with Crippen LogP contribution in [0.5, 0.6) is 11.5 Å². The van der Waals surface area contributed by atoms with Crippen LogP contribution in [0.3, 0.4) is 0 Å². The van der Waals surface area contributed by atoms with E-state index >= 15 is 0 Å². The van der Waals surface area contributed by atoms with Gasteiger partial charge in [-0.15, -0.1) is 0 Å². The number of methoxy groups -OCH3 is 2. The Bertz CT molecular complexity index is 3500. The highest BCUT2D eigenvalue weighted by molar-refractivity contribution is 7.44. The summed E-state index contributed by atoms with van der Waals surface area (Å²) in [7, 11) is 1.45. The fourth-order valence-corrected chi connectivity index (χ4v) is 12.0. The molecule has 26 heteroatoms. The highest BCUT2D eigenvalue weighted by atomic mass is 31.2.